The van der Waals surface area contributed by atoms with Crippen LogP contribution in [0.3, 0.4) is 0 Å². The molecule has 2 aromatic carbocycles. The second kappa shape index (κ2) is 8.83. The molecule has 1 aromatic heterocycles. The van der Waals surface area contributed by atoms with Gasteiger partial charge in [-0.25, -0.2) is 14.3 Å². The van der Waals surface area contributed by atoms with Crippen molar-refractivity contribution < 1.29 is 14.3 Å². The molecule has 2 heterocycles. The summed E-state index contributed by atoms with van der Waals surface area (Å²) in [4.78, 5) is 27.3. The molecule has 1 aliphatic rings. The Morgan fingerprint density at radius 1 is 1.10 bits per heavy atom. The molecule has 0 spiro atoms. The normalized spacial score (nSPS) is 16.3. The molecule has 1 atom stereocenters. The zero-order valence-corrected chi connectivity index (χ0v) is 17.4. The number of allylic oxidation sites excluding steroid dienone is 1. The lowest BCUT2D eigenvalue weighted by molar-refractivity contribution is -0.139. The Bertz CT molecular complexity index is 1110. The van der Waals surface area contributed by atoms with Gasteiger partial charge in [-0.3, -0.25) is 4.90 Å². The molecule has 0 saturated heterocycles. The number of urea groups is 1. The number of aromatic nitrogens is 3. The molecule has 4 rings (SSSR count). The van der Waals surface area contributed by atoms with E-state index in [4.69, 9.17) is 4.74 Å². The zero-order valence-electron chi connectivity index (χ0n) is 17.4. The van der Waals surface area contributed by atoms with Crippen molar-refractivity contribution in [1.29, 1.82) is 0 Å². The highest BCUT2D eigenvalue weighted by Gasteiger charge is 2.38. The van der Waals surface area contributed by atoms with E-state index in [0.29, 0.717) is 17.0 Å². The molecule has 3 aromatic rings. The molecule has 8 nitrogen and oxygen atoms in total. The summed E-state index contributed by atoms with van der Waals surface area (Å²) in [6.45, 7) is 3.82. The summed E-state index contributed by atoms with van der Waals surface area (Å²) in [5, 5.41) is 11.2. The predicted octanol–water partition coefficient (Wildman–Crippen LogP) is 3.51. The van der Waals surface area contributed by atoms with E-state index >= 15 is 0 Å². The number of hydrogen-bond donors (Lipinski definition) is 1. The van der Waals surface area contributed by atoms with Gasteiger partial charge in [0.1, 0.15) is 12.4 Å². The van der Waals surface area contributed by atoms with Gasteiger partial charge in [0.2, 0.25) is 0 Å². The highest BCUT2D eigenvalue weighted by atomic mass is 16.5. The van der Waals surface area contributed by atoms with Crippen LogP contribution in [0.25, 0.3) is 11.3 Å². The van der Waals surface area contributed by atoms with Gasteiger partial charge in [0.05, 0.1) is 24.4 Å². The van der Waals surface area contributed by atoms with E-state index in [2.05, 4.69) is 15.6 Å². The van der Waals surface area contributed by atoms with Gasteiger partial charge in [0, 0.05) is 11.3 Å². The van der Waals surface area contributed by atoms with Crippen molar-refractivity contribution in [3.8, 4) is 11.3 Å². The fourth-order valence-electron chi connectivity index (χ4n) is 3.64. The third-order valence-electron chi connectivity index (χ3n) is 5.06. The first-order chi connectivity index (χ1) is 15.1. The summed E-state index contributed by atoms with van der Waals surface area (Å²) in [5.41, 5.74) is 3.32. The lowest BCUT2D eigenvalue weighted by Crippen LogP contribution is -2.49. The third kappa shape index (κ3) is 4.18. The SMILES string of the molecule is CCOC(=O)C1=C(C)NC(=O)N(Cn2cc(-c3ccccc3)nn2)C1c1ccccc1. The first kappa shape index (κ1) is 20.3. The average molecular weight is 417 g/mol. The second-order valence-electron chi connectivity index (χ2n) is 7.12. The molecular weight excluding hydrogens is 394 g/mol. The Morgan fingerprint density at radius 2 is 1.77 bits per heavy atom. The van der Waals surface area contributed by atoms with Gasteiger partial charge in [-0.15, -0.1) is 5.10 Å². The first-order valence-electron chi connectivity index (χ1n) is 10.0. The number of hydrogen-bond acceptors (Lipinski definition) is 5. The summed E-state index contributed by atoms with van der Waals surface area (Å²) >= 11 is 0. The Morgan fingerprint density at radius 3 is 2.45 bits per heavy atom. The molecule has 0 saturated carbocycles. The number of ether oxygens (including phenoxy) is 1. The quantitative estimate of drug-likeness (QED) is 0.620. The minimum absolute atomic E-state index is 0.113. The molecule has 0 bridgehead atoms. The molecule has 31 heavy (non-hydrogen) atoms. The standard InChI is InChI=1S/C23H23N5O3/c1-3-31-22(29)20-16(2)24-23(30)28(21(20)18-12-8-5-9-13-18)15-27-14-19(25-26-27)17-10-6-4-7-11-17/h4-14,21H,3,15H2,1-2H3,(H,24,30). The maximum Gasteiger partial charge on any atom is 0.338 e. The summed E-state index contributed by atoms with van der Waals surface area (Å²) in [5.74, 6) is -0.456. The molecule has 0 aliphatic carbocycles. The molecule has 8 heteroatoms. The van der Waals surface area contributed by atoms with Crippen molar-refractivity contribution in [2.75, 3.05) is 6.61 Å². The molecule has 1 unspecified atom stereocenters. The lowest BCUT2D eigenvalue weighted by Gasteiger charge is -2.37. The van der Waals surface area contributed by atoms with E-state index in [0.717, 1.165) is 11.1 Å². The Kier molecular flexibility index (Phi) is 5.79. The van der Waals surface area contributed by atoms with Crippen LogP contribution in [0.4, 0.5) is 4.79 Å². The van der Waals surface area contributed by atoms with Crippen LogP contribution in [0.1, 0.15) is 25.5 Å². The summed E-state index contributed by atoms with van der Waals surface area (Å²) in [7, 11) is 0. The zero-order chi connectivity index (χ0) is 21.8. The number of nitrogens with one attached hydrogen (secondary N) is 1. The van der Waals surface area contributed by atoms with Gasteiger partial charge in [-0.2, -0.15) is 0 Å². The van der Waals surface area contributed by atoms with E-state index < -0.39 is 12.0 Å². The Hall–Kier alpha value is -3.94. The topological polar surface area (TPSA) is 89.4 Å². The van der Waals surface area contributed by atoms with Crippen molar-refractivity contribution in [2.45, 2.75) is 26.6 Å². The van der Waals surface area contributed by atoms with Crippen LogP contribution in [0.5, 0.6) is 0 Å². The Labute approximate surface area is 180 Å². The maximum absolute atomic E-state index is 13.0. The lowest BCUT2D eigenvalue weighted by atomic mass is 9.94. The van der Waals surface area contributed by atoms with Crippen molar-refractivity contribution in [3.05, 3.63) is 83.7 Å². The summed E-state index contributed by atoms with van der Waals surface area (Å²) in [6.07, 6.45) is 1.78. The smallest absolute Gasteiger partial charge is 0.338 e. The van der Waals surface area contributed by atoms with Gasteiger partial charge in [-0.05, 0) is 19.4 Å². The second-order valence-corrected chi connectivity index (χ2v) is 7.12. The molecule has 0 fully saturated rings. The van der Waals surface area contributed by atoms with Crippen molar-refractivity contribution in [1.82, 2.24) is 25.2 Å². The average Bonchev–Trinajstić information content (AvgIpc) is 3.25. The van der Waals surface area contributed by atoms with Gasteiger partial charge in [0.25, 0.3) is 0 Å². The number of carbonyl (C=O) groups is 2. The third-order valence-corrected chi connectivity index (χ3v) is 5.06. The van der Waals surface area contributed by atoms with Crippen LogP contribution in [0, 0.1) is 0 Å². The fraction of sp³-hybridized carbons (Fsp3) is 0.217. The van der Waals surface area contributed by atoms with E-state index in [1.54, 1.807) is 29.6 Å². The summed E-state index contributed by atoms with van der Waals surface area (Å²) in [6, 6.07) is 18.2. The van der Waals surface area contributed by atoms with Gasteiger partial charge in [0.15, 0.2) is 0 Å². The number of amides is 2. The van der Waals surface area contributed by atoms with Crippen LogP contribution in [-0.4, -0.2) is 38.5 Å². The van der Waals surface area contributed by atoms with E-state index in [1.807, 2.05) is 60.7 Å². The van der Waals surface area contributed by atoms with E-state index in [-0.39, 0.29) is 19.3 Å². The molecule has 2 amide bonds. The molecule has 0 radical (unpaired) electrons. The van der Waals surface area contributed by atoms with E-state index in [9.17, 15) is 9.59 Å². The minimum Gasteiger partial charge on any atom is -0.463 e. The van der Waals surface area contributed by atoms with Crippen molar-refractivity contribution in [3.63, 3.8) is 0 Å². The van der Waals surface area contributed by atoms with Crippen LogP contribution in [0.15, 0.2) is 78.1 Å². The monoisotopic (exact) mass is 417 g/mol. The Balaban J connectivity index is 1.71. The van der Waals surface area contributed by atoms with Crippen LogP contribution < -0.4 is 5.32 Å². The number of benzene rings is 2. The first-order valence-corrected chi connectivity index (χ1v) is 10.0. The highest BCUT2D eigenvalue weighted by molar-refractivity contribution is 5.95. The highest BCUT2D eigenvalue weighted by Crippen LogP contribution is 2.34. The predicted molar refractivity (Wildman–Crippen MR) is 114 cm³/mol. The molecule has 1 N–H and O–H groups in total. The van der Waals surface area contributed by atoms with Crippen molar-refractivity contribution >= 4 is 12.0 Å². The van der Waals surface area contributed by atoms with Gasteiger partial charge in [-0.1, -0.05) is 65.9 Å². The van der Waals surface area contributed by atoms with Crippen LogP contribution in [-0.2, 0) is 16.2 Å². The largest absolute Gasteiger partial charge is 0.463 e. The van der Waals surface area contributed by atoms with Crippen molar-refractivity contribution in [2.24, 2.45) is 0 Å². The minimum atomic E-state index is -0.613. The maximum atomic E-state index is 13.0. The van der Waals surface area contributed by atoms with Gasteiger partial charge < -0.3 is 10.1 Å². The number of esters is 1. The van der Waals surface area contributed by atoms with Crippen LogP contribution in [0.2, 0.25) is 0 Å². The molecule has 1 aliphatic heterocycles. The number of rotatable bonds is 6. The molecular formula is C23H23N5O3. The van der Waals surface area contributed by atoms with E-state index in [1.165, 1.54) is 0 Å². The van der Waals surface area contributed by atoms with Gasteiger partial charge >= 0.3 is 12.0 Å². The fourth-order valence-corrected chi connectivity index (χ4v) is 3.64. The number of carbonyl (C=O) groups excluding carboxylic acids is 2. The van der Waals surface area contributed by atoms with Crippen LogP contribution >= 0.6 is 0 Å². The summed E-state index contributed by atoms with van der Waals surface area (Å²) < 4.78 is 6.87. The number of nitrogens with zero attached hydrogens (tertiary/aromatic N) is 4. The molecule has 158 valence electrons.